The molecule has 1 heterocycles. The van der Waals surface area contributed by atoms with Gasteiger partial charge in [0.05, 0.1) is 13.7 Å². The molecule has 2 amide bonds. The molecule has 1 aliphatic carbocycles. The van der Waals surface area contributed by atoms with Gasteiger partial charge in [0.1, 0.15) is 11.5 Å². The number of benzene rings is 2. The molecule has 3 atom stereocenters. The zero-order valence-electron chi connectivity index (χ0n) is 23.9. The highest BCUT2D eigenvalue weighted by Crippen LogP contribution is 2.58. The van der Waals surface area contributed by atoms with E-state index in [0.717, 1.165) is 24.2 Å². The second-order valence-corrected chi connectivity index (χ2v) is 11.5. The smallest absolute Gasteiger partial charge is 0.404 e. The molecule has 218 valence electrons. The minimum absolute atomic E-state index is 0.0174. The zero-order chi connectivity index (χ0) is 29.2. The Morgan fingerprint density at radius 3 is 2.40 bits per heavy atom. The number of methoxy groups -OCH3 is 1. The van der Waals surface area contributed by atoms with Crippen molar-refractivity contribution in [1.82, 2.24) is 9.80 Å². The summed E-state index contributed by atoms with van der Waals surface area (Å²) in [5, 5.41) is 0. The highest BCUT2D eigenvalue weighted by Gasteiger charge is 2.55. The number of hydrogen-bond donors (Lipinski definition) is 0. The molecule has 0 aromatic heterocycles. The number of nitrogens with zero attached hydrogens (tertiary/aromatic N) is 2. The van der Waals surface area contributed by atoms with E-state index < -0.39 is 18.0 Å². The van der Waals surface area contributed by atoms with Crippen LogP contribution in [-0.2, 0) is 11.2 Å². The number of rotatable bonds is 9. The monoisotopic (exact) mass is 560 g/mol. The van der Waals surface area contributed by atoms with Gasteiger partial charge < -0.3 is 19.3 Å². The Balaban J connectivity index is 1.34. The topological polar surface area (TPSA) is 59.1 Å². The highest BCUT2D eigenvalue weighted by atomic mass is 19.4. The van der Waals surface area contributed by atoms with Gasteiger partial charge in [-0.1, -0.05) is 26.0 Å². The summed E-state index contributed by atoms with van der Waals surface area (Å²) in [6, 6.07) is 11.2. The van der Waals surface area contributed by atoms with E-state index in [0.29, 0.717) is 49.9 Å². The normalized spacial score (nSPS) is 22.0. The van der Waals surface area contributed by atoms with Gasteiger partial charge in [0.15, 0.2) is 5.92 Å². The number of hydrogen-bond acceptors (Lipinski definition) is 4. The number of piperidine rings is 1. The minimum Gasteiger partial charge on any atom is -0.497 e. The average molecular weight is 561 g/mol. The lowest BCUT2D eigenvalue weighted by Crippen LogP contribution is -2.45. The van der Waals surface area contributed by atoms with Gasteiger partial charge in [-0.25, -0.2) is 0 Å². The van der Waals surface area contributed by atoms with Crippen molar-refractivity contribution >= 4 is 11.8 Å². The maximum atomic E-state index is 14.0. The first-order valence-electron chi connectivity index (χ1n) is 13.8. The van der Waals surface area contributed by atoms with Gasteiger partial charge in [-0.05, 0) is 79.0 Å². The van der Waals surface area contributed by atoms with Crippen LogP contribution in [0.25, 0.3) is 0 Å². The molecule has 1 saturated heterocycles. The molecular formula is C31H39F3N2O4. The van der Waals surface area contributed by atoms with Gasteiger partial charge in [0.25, 0.3) is 5.91 Å². The Labute approximate surface area is 234 Å². The van der Waals surface area contributed by atoms with E-state index in [4.69, 9.17) is 9.47 Å². The average Bonchev–Trinajstić information content (AvgIpc) is 3.62. The van der Waals surface area contributed by atoms with Crippen molar-refractivity contribution in [3.8, 4) is 11.5 Å². The van der Waals surface area contributed by atoms with E-state index in [1.165, 1.54) is 30.2 Å². The number of amides is 2. The first kappa shape index (κ1) is 29.7. The summed E-state index contributed by atoms with van der Waals surface area (Å²) in [7, 11) is 4.85. The fourth-order valence-electron chi connectivity index (χ4n) is 5.99. The van der Waals surface area contributed by atoms with Crippen LogP contribution in [0.15, 0.2) is 42.5 Å². The Bertz CT molecular complexity index is 1220. The Morgan fingerprint density at radius 2 is 1.80 bits per heavy atom. The highest BCUT2D eigenvalue weighted by molar-refractivity contribution is 5.95. The maximum Gasteiger partial charge on any atom is 0.404 e. The van der Waals surface area contributed by atoms with E-state index in [1.807, 2.05) is 25.1 Å². The van der Waals surface area contributed by atoms with Crippen LogP contribution in [0.4, 0.5) is 13.2 Å². The molecule has 0 spiro atoms. The van der Waals surface area contributed by atoms with Crippen LogP contribution in [0.1, 0.15) is 60.5 Å². The molecule has 1 saturated carbocycles. The molecule has 3 unspecified atom stereocenters. The predicted octanol–water partition coefficient (Wildman–Crippen LogP) is 5.95. The molecule has 1 aliphatic heterocycles. The fraction of sp³-hybridized carbons (Fsp3) is 0.548. The lowest BCUT2D eigenvalue weighted by atomic mass is 9.87. The number of aryl methyl sites for hydroxylation is 1. The van der Waals surface area contributed by atoms with Crippen molar-refractivity contribution in [2.24, 2.45) is 17.3 Å². The van der Waals surface area contributed by atoms with Crippen molar-refractivity contribution in [3.63, 3.8) is 0 Å². The molecule has 0 bridgehead atoms. The molecule has 2 fully saturated rings. The summed E-state index contributed by atoms with van der Waals surface area (Å²) in [4.78, 5) is 28.5. The standard InChI is InChI=1S/C31H39F3N2O4/c1-6-20-16-24(10-11-25(20)28(37)35(3)4)40-19-30(2)18-26(30)21-12-14-36(15-13-21)29(38)27(31(32,33)34)22-8-7-9-23(17-22)39-5/h7-11,16-17,21,26-27H,6,12-15,18-19H2,1-5H3. The van der Waals surface area contributed by atoms with Crippen molar-refractivity contribution in [2.45, 2.75) is 51.6 Å². The second-order valence-electron chi connectivity index (χ2n) is 11.5. The number of ether oxygens (including phenoxy) is 2. The summed E-state index contributed by atoms with van der Waals surface area (Å²) in [6.45, 7) is 5.35. The molecule has 6 nitrogen and oxygen atoms in total. The summed E-state index contributed by atoms with van der Waals surface area (Å²) in [5.41, 5.74) is 1.50. The van der Waals surface area contributed by atoms with Crippen molar-refractivity contribution in [2.75, 3.05) is 40.9 Å². The summed E-state index contributed by atoms with van der Waals surface area (Å²) in [6.07, 6.45) is -1.64. The van der Waals surface area contributed by atoms with Gasteiger partial charge in [0, 0.05) is 38.2 Å². The van der Waals surface area contributed by atoms with E-state index in [1.54, 1.807) is 25.1 Å². The molecule has 40 heavy (non-hydrogen) atoms. The third-order valence-corrected chi connectivity index (χ3v) is 8.51. The quantitative estimate of drug-likeness (QED) is 0.381. The van der Waals surface area contributed by atoms with Gasteiger partial charge in [-0.15, -0.1) is 0 Å². The van der Waals surface area contributed by atoms with E-state index in [-0.39, 0.29) is 22.6 Å². The van der Waals surface area contributed by atoms with Crippen LogP contribution in [0, 0.1) is 17.3 Å². The van der Waals surface area contributed by atoms with Crippen LogP contribution >= 0.6 is 0 Å². The number of halogens is 3. The van der Waals surface area contributed by atoms with Crippen LogP contribution in [0.2, 0.25) is 0 Å². The summed E-state index contributed by atoms with van der Waals surface area (Å²) >= 11 is 0. The SMILES string of the molecule is CCc1cc(OCC2(C)CC2C2CCN(C(=O)C(c3cccc(OC)c3)C(F)(F)F)CC2)ccc1C(=O)N(C)C. The first-order chi connectivity index (χ1) is 18.9. The Hall–Kier alpha value is -3.23. The molecule has 9 heteroatoms. The third kappa shape index (κ3) is 6.39. The van der Waals surface area contributed by atoms with Crippen LogP contribution in [0.5, 0.6) is 11.5 Å². The first-order valence-corrected chi connectivity index (χ1v) is 13.8. The number of carbonyl (C=O) groups is 2. The van der Waals surface area contributed by atoms with Gasteiger partial charge in [0.2, 0.25) is 5.91 Å². The predicted molar refractivity (Wildman–Crippen MR) is 147 cm³/mol. The van der Waals surface area contributed by atoms with E-state index >= 15 is 0 Å². The number of carbonyl (C=O) groups excluding carboxylic acids is 2. The van der Waals surface area contributed by atoms with Gasteiger partial charge >= 0.3 is 6.18 Å². The fourth-order valence-corrected chi connectivity index (χ4v) is 5.99. The molecule has 2 aromatic rings. The van der Waals surface area contributed by atoms with Crippen LogP contribution in [-0.4, -0.2) is 68.7 Å². The lowest BCUT2D eigenvalue weighted by molar-refractivity contribution is -0.173. The van der Waals surface area contributed by atoms with Crippen LogP contribution in [0.3, 0.4) is 0 Å². The Kier molecular flexibility index (Phi) is 8.71. The molecule has 2 aliphatic rings. The van der Waals surface area contributed by atoms with Gasteiger partial charge in [-0.2, -0.15) is 13.2 Å². The van der Waals surface area contributed by atoms with E-state index in [2.05, 4.69) is 6.92 Å². The minimum atomic E-state index is -4.69. The lowest BCUT2D eigenvalue weighted by Gasteiger charge is -2.35. The molecule has 0 radical (unpaired) electrons. The second kappa shape index (κ2) is 11.7. The van der Waals surface area contributed by atoms with Crippen molar-refractivity contribution in [1.29, 1.82) is 0 Å². The largest absolute Gasteiger partial charge is 0.497 e. The molecule has 4 rings (SSSR count). The van der Waals surface area contributed by atoms with Gasteiger partial charge in [-0.3, -0.25) is 9.59 Å². The molecular weight excluding hydrogens is 521 g/mol. The number of alkyl halides is 3. The maximum absolute atomic E-state index is 14.0. The van der Waals surface area contributed by atoms with Crippen molar-refractivity contribution in [3.05, 3.63) is 59.2 Å². The molecule has 2 aromatic carbocycles. The Morgan fingerprint density at radius 1 is 1.10 bits per heavy atom. The van der Waals surface area contributed by atoms with Crippen molar-refractivity contribution < 1.29 is 32.2 Å². The zero-order valence-corrected chi connectivity index (χ0v) is 23.9. The summed E-state index contributed by atoms with van der Waals surface area (Å²) < 4.78 is 53.3. The number of likely N-dealkylation sites (tertiary alicyclic amines) is 1. The summed E-state index contributed by atoms with van der Waals surface area (Å²) in [5.74, 6) is -1.37. The molecule has 0 N–H and O–H groups in total. The third-order valence-electron chi connectivity index (χ3n) is 8.51. The van der Waals surface area contributed by atoms with E-state index in [9.17, 15) is 22.8 Å². The van der Waals surface area contributed by atoms with Crippen LogP contribution < -0.4 is 9.47 Å².